The summed E-state index contributed by atoms with van der Waals surface area (Å²) in [5.41, 5.74) is 2.07. The second kappa shape index (κ2) is 13.5. The molecular formula is C20H31IN4O3S. The van der Waals surface area contributed by atoms with Crippen molar-refractivity contribution < 1.29 is 14.2 Å². The van der Waals surface area contributed by atoms with E-state index >= 15 is 0 Å². The summed E-state index contributed by atoms with van der Waals surface area (Å²) >= 11 is 1.72. The van der Waals surface area contributed by atoms with Crippen LogP contribution in [0.2, 0.25) is 0 Å². The molecule has 162 valence electrons. The Kier molecular flexibility index (Phi) is 11.7. The maximum atomic E-state index is 5.41. The number of halogens is 1. The highest BCUT2D eigenvalue weighted by atomic mass is 127. The van der Waals surface area contributed by atoms with Gasteiger partial charge in [-0.25, -0.2) is 9.98 Å². The number of methoxy groups -OCH3 is 3. The lowest BCUT2D eigenvalue weighted by molar-refractivity contribution is 0.324. The minimum absolute atomic E-state index is 0. The van der Waals surface area contributed by atoms with Crippen LogP contribution in [0.25, 0.3) is 0 Å². The van der Waals surface area contributed by atoms with Gasteiger partial charge in [0.25, 0.3) is 0 Å². The average Bonchev–Trinajstić information content (AvgIpc) is 3.13. The Morgan fingerprint density at radius 1 is 1.10 bits per heavy atom. The summed E-state index contributed by atoms with van der Waals surface area (Å²) in [6.45, 7) is 6.20. The van der Waals surface area contributed by atoms with Crippen LogP contribution >= 0.6 is 35.3 Å². The van der Waals surface area contributed by atoms with Crippen LogP contribution in [-0.2, 0) is 13.0 Å². The summed E-state index contributed by atoms with van der Waals surface area (Å²) in [7, 11) is 4.82. The normalized spacial score (nSPS) is 10.9. The molecule has 0 aliphatic carbocycles. The molecule has 0 saturated carbocycles. The van der Waals surface area contributed by atoms with Gasteiger partial charge >= 0.3 is 0 Å². The number of hydrogen-bond acceptors (Lipinski definition) is 6. The van der Waals surface area contributed by atoms with Crippen LogP contribution in [0, 0.1) is 6.92 Å². The third-order valence-electron chi connectivity index (χ3n) is 4.01. The van der Waals surface area contributed by atoms with E-state index in [0.29, 0.717) is 23.8 Å². The molecule has 2 aromatic rings. The van der Waals surface area contributed by atoms with Crippen LogP contribution in [0.3, 0.4) is 0 Å². The van der Waals surface area contributed by atoms with Gasteiger partial charge in [0.05, 0.1) is 32.9 Å². The first kappa shape index (κ1) is 25.3. The number of thiazole rings is 1. The van der Waals surface area contributed by atoms with Crippen molar-refractivity contribution in [2.75, 3.05) is 34.4 Å². The zero-order valence-electron chi connectivity index (χ0n) is 17.7. The van der Waals surface area contributed by atoms with Crippen molar-refractivity contribution in [3.8, 4) is 17.2 Å². The summed E-state index contributed by atoms with van der Waals surface area (Å²) in [4.78, 5) is 9.17. The number of aromatic nitrogens is 1. The number of ether oxygens (including phenoxy) is 3. The summed E-state index contributed by atoms with van der Waals surface area (Å²) in [6.07, 6.45) is 1.97. The summed E-state index contributed by atoms with van der Waals surface area (Å²) in [5, 5.41) is 9.92. The number of guanidine groups is 1. The van der Waals surface area contributed by atoms with E-state index in [-0.39, 0.29) is 24.0 Å². The number of nitrogens with one attached hydrogen (secondary N) is 2. The largest absolute Gasteiger partial charge is 0.493 e. The van der Waals surface area contributed by atoms with Crippen molar-refractivity contribution in [3.63, 3.8) is 0 Å². The monoisotopic (exact) mass is 534 g/mol. The van der Waals surface area contributed by atoms with E-state index in [1.807, 2.05) is 19.1 Å². The molecule has 0 atom stereocenters. The topological polar surface area (TPSA) is 77.0 Å². The third kappa shape index (κ3) is 7.88. The summed E-state index contributed by atoms with van der Waals surface area (Å²) in [6, 6.07) is 3.83. The second-order valence-corrected chi connectivity index (χ2v) is 7.08. The van der Waals surface area contributed by atoms with Gasteiger partial charge in [-0.15, -0.1) is 35.3 Å². The minimum Gasteiger partial charge on any atom is -0.493 e. The van der Waals surface area contributed by atoms with Crippen LogP contribution in [-0.4, -0.2) is 45.4 Å². The Labute approximate surface area is 194 Å². The fourth-order valence-corrected chi connectivity index (χ4v) is 3.52. The van der Waals surface area contributed by atoms with Crippen LogP contribution in [0.1, 0.15) is 29.6 Å². The van der Waals surface area contributed by atoms with E-state index in [0.717, 1.165) is 43.1 Å². The van der Waals surface area contributed by atoms with Gasteiger partial charge in [-0.3, -0.25) is 0 Å². The molecule has 0 bridgehead atoms. The summed E-state index contributed by atoms with van der Waals surface area (Å²) < 4.78 is 16.2. The first-order valence-electron chi connectivity index (χ1n) is 9.33. The van der Waals surface area contributed by atoms with E-state index < -0.39 is 0 Å². The van der Waals surface area contributed by atoms with Crippen molar-refractivity contribution in [2.24, 2.45) is 4.99 Å². The number of benzene rings is 1. The molecule has 7 nitrogen and oxygen atoms in total. The van der Waals surface area contributed by atoms with Gasteiger partial charge in [-0.1, -0.05) is 0 Å². The molecule has 1 heterocycles. The molecule has 0 aliphatic rings. The second-order valence-electron chi connectivity index (χ2n) is 6.14. The number of aryl methyl sites for hydroxylation is 2. The molecule has 0 unspecified atom stereocenters. The first-order valence-corrected chi connectivity index (χ1v) is 10.2. The SMILES string of the molecule is CCNC(=NCc1cc(OC)c(OC)c(OC)c1)NCCCc1nc(C)cs1.I. The van der Waals surface area contributed by atoms with Gasteiger partial charge in [0.1, 0.15) is 0 Å². The van der Waals surface area contributed by atoms with E-state index in [4.69, 9.17) is 14.2 Å². The average molecular weight is 534 g/mol. The van der Waals surface area contributed by atoms with E-state index in [1.165, 1.54) is 5.01 Å². The predicted molar refractivity (Wildman–Crippen MR) is 130 cm³/mol. The Morgan fingerprint density at radius 2 is 1.79 bits per heavy atom. The maximum Gasteiger partial charge on any atom is 0.203 e. The zero-order valence-corrected chi connectivity index (χ0v) is 20.9. The molecule has 0 saturated heterocycles. The highest BCUT2D eigenvalue weighted by molar-refractivity contribution is 14.0. The number of hydrogen-bond donors (Lipinski definition) is 2. The number of rotatable bonds is 10. The van der Waals surface area contributed by atoms with Crippen LogP contribution < -0.4 is 24.8 Å². The molecule has 0 radical (unpaired) electrons. The smallest absolute Gasteiger partial charge is 0.203 e. The molecule has 0 aliphatic heterocycles. The van der Waals surface area contributed by atoms with Crippen molar-refractivity contribution >= 4 is 41.3 Å². The van der Waals surface area contributed by atoms with Gasteiger partial charge in [-0.05, 0) is 38.0 Å². The zero-order chi connectivity index (χ0) is 20.4. The highest BCUT2D eigenvalue weighted by Gasteiger charge is 2.13. The Bertz CT molecular complexity index is 758. The van der Waals surface area contributed by atoms with Crippen molar-refractivity contribution in [2.45, 2.75) is 33.2 Å². The minimum atomic E-state index is 0. The van der Waals surface area contributed by atoms with Crippen LogP contribution in [0.5, 0.6) is 17.2 Å². The van der Waals surface area contributed by atoms with Crippen molar-refractivity contribution in [1.82, 2.24) is 15.6 Å². The van der Waals surface area contributed by atoms with Crippen molar-refractivity contribution in [3.05, 3.63) is 33.8 Å². The van der Waals surface area contributed by atoms with Crippen LogP contribution in [0.15, 0.2) is 22.5 Å². The predicted octanol–water partition coefficient (Wildman–Crippen LogP) is 3.78. The fraction of sp³-hybridized carbons (Fsp3) is 0.500. The lowest BCUT2D eigenvalue weighted by Gasteiger charge is -2.14. The molecule has 2 N–H and O–H groups in total. The lowest BCUT2D eigenvalue weighted by Crippen LogP contribution is -2.37. The van der Waals surface area contributed by atoms with Crippen LogP contribution in [0.4, 0.5) is 0 Å². The maximum absolute atomic E-state index is 5.41. The molecule has 29 heavy (non-hydrogen) atoms. The van der Waals surface area contributed by atoms with E-state index in [1.54, 1.807) is 32.7 Å². The lowest BCUT2D eigenvalue weighted by atomic mass is 10.2. The molecule has 1 aromatic carbocycles. The first-order chi connectivity index (χ1) is 13.6. The standard InChI is InChI=1S/C20H30N4O3S.HI/c1-6-21-20(22-9-7-8-18-24-14(2)13-28-18)23-12-15-10-16(25-3)19(27-5)17(11-15)26-4;/h10-11,13H,6-9,12H2,1-5H3,(H2,21,22,23);1H. The fourth-order valence-electron chi connectivity index (χ4n) is 2.70. The van der Waals surface area contributed by atoms with Crippen molar-refractivity contribution in [1.29, 1.82) is 0 Å². The number of nitrogens with zero attached hydrogens (tertiary/aromatic N) is 2. The van der Waals surface area contributed by atoms with Gasteiger partial charge in [0.15, 0.2) is 17.5 Å². The Hall–Kier alpha value is -1.75. The summed E-state index contributed by atoms with van der Waals surface area (Å²) in [5.74, 6) is 2.62. The highest BCUT2D eigenvalue weighted by Crippen LogP contribution is 2.38. The molecule has 0 fully saturated rings. The van der Waals surface area contributed by atoms with Gasteiger partial charge in [-0.2, -0.15) is 0 Å². The molecular weight excluding hydrogens is 503 g/mol. The third-order valence-corrected chi connectivity index (χ3v) is 5.04. The Balaban J connectivity index is 0.00000420. The molecule has 0 spiro atoms. The van der Waals surface area contributed by atoms with Gasteiger partial charge < -0.3 is 24.8 Å². The number of aliphatic imine (C=N–C) groups is 1. The molecule has 1 aromatic heterocycles. The quantitative estimate of drug-likeness (QED) is 0.209. The van der Waals surface area contributed by atoms with Gasteiger partial charge in [0, 0.05) is 30.6 Å². The van der Waals surface area contributed by atoms with E-state index in [9.17, 15) is 0 Å². The molecule has 9 heteroatoms. The molecule has 0 amide bonds. The van der Waals surface area contributed by atoms with E-state index in [2.05, 4.69) is 32.9 Å². The van der Waals surface area contributed by atoms with Gasteiger partial charge in [0.2, 0.25) is 5.75 Å². The Morgan fingerprint density at radius 3 is 2.31 bits per heavy atom. The molecule has 2 rings (SSSR count).